The van der Waals surface area contributed by atoms with Crippen LogP contribution < -0.4 is 0 Å². The highest BCUT2D eigenvalue weighted by atomic mass is 35.5. The predicted octanol–water partition coefficient (Wildman–Crippen LogP) is 2.92. The molecule has 18 heavy (non-hydrogen) atoms. The Morgan fingerprint density at radius 1 is 1.22 bits per heavy atom. The van der Waals surface area contributed by atoms with Gasteiger partial charge in [-0.3, -0.25) is 0 Å². The standard InChI is InChI=1S/C13H7ClN4/c14-11-3-1-2-10(7-11)13-16-12-6-9(8-15)4-5-18(12)17-13/h1-7H. The molecule has 0 unspecified atom stereocenters. The summed E-state index contributed by atoms with van der Waals surface area (Å²) in [5.74, 6) is 0.590. The fourth-order valence-electron chi connectivity index (χ4n) is 1.70. The topological polar surface area (TPSA) is 54.0 Å². The van der Waals surface area contributed by atoms with E-state index >= 15 is 0 Å². The van der Waals surface area contributed by atoms with Crippen LogP contribution in [0.1, 0.15) is 5.56 Å². The lowest BCUT2D eigenvalue weighted by Crippen LogP contribution is -1.87. The maximum atomic E-state index is 8.83. The largest absolute Gasteiger partial charge is 0.220 e. The number of halogens is 1. The van der Waals surface area contributed by atoms with Crippen LogP contribution in [0.15, 0.2) is 42.6 Å². The summed E-state index contributed by atoms with van der Waals surface area (Å²) in [6.07, 6.45) is 1.72. The van der Waals surface area contributed by atoms with Crippen molar-refractivity contribution in [2.75, 3.05) is 0 Å². The quantitative estimate of drug-likeness (QED) is 0.671. The second-order valence-electron chi connectivity index (χ2n) is 3.78. The first-order valence-electron chi connectivity index (χ1n) is 5.29. The molecule has 0 saturated heterocycles. The predicted molar refractivity (Wildman–Crippen MR) is 68.1 cm³/mol. The molecule has 3 aromatic rings. The summed E-state index contributed by atoms with van der Waals surface area (Å²) in [4.78, 5) is 4.37. The van der Waals surface area contributed by atoms with E-state index in [1.165, 1.54) is 0 Å². The van der Waals surface area contributed by atoms with E-state index in [1.54, 1.807) is 28.9 Å². The van der Waals surface area contributed by atoms with Gasteiger partial charge in [-0.05, 0) is 18.2 Å². The molecule has 0 radical (unpaired) electrons. The number of pyridine rings is 1. The van der Waals surface area contributed by atoms with Crippen molar-refractivity contribution in [2.24, 2.45) is 0 Å². The van der Waals surface area contributed by atoms with E-state index in [-0.39, 0.29) is 0 Å². The third-order valence-electron chi connectivity index (χ3n) is 2.55. The zero-order valence-corrected chi connectivity index (χ0v) is 9.96. The summed E-state index contributed by atoms with van der Waals surface area (Å²) in [7, 11) is 0. The smallest absolute Gasteiger partial charge is 0.182 e. The molecule has 0 aliphatic rings. The van der Waals surface area contributed by atoms with Crippen LogP contribution in [0.25, 0.3) is 17.0 Å². The molecule has 5 heteroatoms. The first-order chi connectivity index (χ1) is 8.76. The van der Waals surface area contributed by atoms with Crippen molar-refractivity contribution < 1.29 is 0 Å². The minimum Gasteiger partial charge on any atom is -0.220 e. The van der Waals surface area contributed by atoms with Crippen molar-refractivity contribution >= 4 is 17.2 Å². The molecule has 0 bridgehead atoms. The van der Waals surface area contributed by atoms with Gasteiger partial charge in [0.15, 0.2) is 11.5 Å². The SMILES string of the molecule is N#Cc1ccn2nc(-c3cccc(Cl)c3)nc2c1. The number of nitrogens with zero attached hydrogens (tertiary/aromatic N) is 4. The molecule has 0 aliphatic heterocycles. The Labute approximate surface area is 108 Å². The van der Waals surface area contributed by atoms with Crippen molar-refractivity contribution in [3.63, 3.8) is 0 Å². The van der Waals surface area contributed by atoms with E-state index in [2.05, 4.69) is 16.2 Å². The van der Waals surface area contributed by atoms with Crippen LogP contribution in [0.5, 0.6) is 0 Å². The second kappa shape index (κ2) is 4.13. The fraction of sp³-hybridized carbons (Fsp3) is 0. The lowest BCUT2D eigenvalue weighted by atomic mass is 10.2. The molecule has 1 aromatic carbocycles. The van der Waals surface area contributed by atoms with Gasteiger partial charge < -0.3 is 0 Å². The van der Waals surface area contributed by atoms with Crippen molar-refractivity contribution in [3.8, 4) is 17.5 Å². The van der Waals surface area contributed by atoms with Crippen LogP contribution in [0.4, 0.5) is 0 Å². The number of benzene rings is 1. The molecule has 0 N–H and O–H groups in total. The molecule has 86 valence electrons. The summed E-state index contributed by atoms with van der Waals surface area (Å²) in [5.41, 5.74) is 2.06. The Bertz CT molecular complexity index is 770. The molecule has 3 rings (SSSR count). The van der Waals surface area contributed by atoms with Gasteiger partial charge in [0.25, 0.3) is 0 Å². The fourth-order valence-corrected chi connectivity index (χ4v) is 1.89. The van der Waals surface area contributed by atoms with E-state index in [1.807, 2.05) is 18.2 Å². The van der Waals surface area contributed by atoms with Gasteiger partial charge in [0, 0.05) is 22.8 Å². The highest BCUT2D eigenvalue weighted by Crippen LogP contribution is 2.20. The van der Waals surface area contributed by atoms with Crippen molar-refractivity contribution in [1.82, 2.24) is 14.6 Å². The Hall–Kier alpha value is -2.38. The molecule has 4 nitrogen and oxygen atoms in total. The first-order valence-corrected chi connectivity index (χ1v) is 5.66. The lowest BCUT2D eigenvalue weighted by Gasteiger charge is -1.94. The minimum atomic E-state index is 0.563. The van der Waals surface area contributed by atoms with E-state index in [4.69, 9.17) is 16.9 Å². The zero-order valence-electron chi connectivity index (χ0n) is 9.21. The second-order valence-corrected chi connectivity index (χ2v) is 4.21. The summed E-state index contributed by atoms with van der Waals surface area (Å²) in [6.45, 7) is 0. The first kappa shape index (κ1) is 10.8. The van der Waals surface area contributed by atoms with Gasteiger partial charge in [0.1, 0.15) is 0 Å². The van der Waals surface area contributed by atoms with Crippen LogP contribution in [0, 0.1) is 11.3 Å². The molecule has 2 aromatic heterocycles. The van der Waals surface area contributed by atoms with Gasteiger partial charge in [0.05, 0.1) is 11.6 Å². The average Bonchev–Trinajstić information content (AvgIpc) is 2.81. The summed E-state index contributed by atoms with van der Waals surface area (Å²) >= 11 is 5.94. The third kappa shape index (κ3) is 1.81. The van der Waals surface area contributed by atoms with Crippen molar-refractivity contribution in [3.05, 3.63) is 53.2 Å². The van der Waals surface area contributed by atoms with Gasteiger partial charge >= 0.3 is 0 Å². The number of rotatable bonds is 1. The number of fused-ring (bicyclic) bond motifs is 1. The maximum Gasteiger partial charge on any atom is 0.182 e. The van der Waals surface area contributed by atoms with Gasteiger partial charge in [-0.1, -0.05) is 23.7 Å². The van der Waals surface area contributed by atoms with Crippen LogP contribution in [-0.2, 0) is 0 Å². The van der Waals surface area contributed by atoms with Crippen molar-refractivity contribution in [2.45, 2.75) is 0 Å². The third-order valence-corrected chi connectivity index (χ3v) is 2.78. The van der Waals surface area contributed by atoms with Gasteiger partial charge in [-0.2, -0.15) is 5.26 Å². The molecule has 0 amide bonds. The van der Waals surface area contributed by atoms with Gasteiger partial charge in [0.2, 0.25) is 0 Å². The highest BCUT2D eigenvalue weighted by Gasteiger charge is 2.07. The number of hydrogen-bond acceptors (Lipinski definition) is 3. The Kier molecular flexibility index (Phi) is 2.47. The normalized spacial score (nSPS) is 10.4. The molecule has 0 spiro atoms. The van der Waals surface area contributed by atoms with Crippen molar-refractivity contribution in [1.29, 1.82) is 5.26 Å². The number of aromatic nitrogens is 3. The molecule has 2 heterocycles. The number of hydrogen-bond donors (Lipinski definition) is 0. The lowest BCUT2D eigenvalue weighted by molar-refractivity contribution is 0.964. The number of nitriles is 1. The van der Waals surface area contributed by atoms with E-state index in [0.29, 0.717) is 22.1 Å². The molecular weight excluding hydrogens is 248 g/mol. The van der Waals surface area contributed by atoms with E-state index in [9.17, 15) is 0 Å². The van der Waals surface area contributed by atoms with Crippen LogP contribution in [-0.4, -0.2) is 14.6 Å². The molecule has 0 atom stereocenters. The summed E-state index contributed by atoms with van der Waals surface area (Å²) in [6, 6.07) is 12.8. The molecule has 0 saturated carbocycles. The van der Waals surface area contributed by atoms with E-state index < -0.39 is 0 Å². The Morgan fingerprint density at radius 3 is 2.89 bits per heavy atom. The monoisotopic (exact) mass is 254 g/mol. The summed E-state index contributed by atoms with van der Waals surface area (Å²) < 4.78 is 1.64. The Balaban J connectivity index is 2.17. The average molecular weight is 255 g/mol. The molecule has 0 aliphatic carbocycles. The molecule has 0 fully saturated rings. The minimum absolute atomic E-state index is 0.563. The van der Waals surface area contributed by atoms with Crippen LogP contribution in [0.3, 0.4) is 0 Å². The highest BCUT2D eigenvalue weighted by molar-refractivity contribution is 6.30. The van der Waals surface area contributed by atoms with Gasteiger partial charge in [-0.15, -0.1) is 5.10 Å². The molecular formula is C13H7ClN4. The van der Waals surface area contributed by atoms with Crippen LogP contribution >= 0.6 is 11.6 Å². The van der Waals surface area contributed by atoms with E-state index in [0.717, 1.165) is 5.56 Å². The zero-order chi connectivity index (χ0) is 12.5. The maximum absolute atomic E-state index is 8.83. The van der Waals surface area contributed by atoms with Gasteiger partial charge in [-0.25, -0.2) is 9.50 Å². The van der Waals surface area contributed by atoms with Crippen LogP contribution in [0.2, 0.25) is 5.02 Å². The Morgan fingerprint density at radius 2 is 2.11 bits per heavy atom. The summed E-state index contributed by atoms with van der Waals surface area (Å²) in [5, 5.41) is 13.8.